The Morgan fingerprint density at radius 1 is 0.844 bits per heavy atom. The van der Waals surface area contributed by atoms with E-state index in [4.69, 9.17) is 0 Å². The maximum absolute atomic E-state index is 13.3. The number of aromatic nitrogens is 2. The van der Waals surface area contributed by atoms with Gasteiger partial charge in [0.15, 0.2) is 11.5 Å². The van der Waals surface area contributed by atoms with Gasteiger partial charge < -0.3 is 9.88 Å². The van der Waals surface area contributed by atoms with Gasteiger partial charge in [0.2, 0.25) is 6.41 Å². The van der Waals surface area contributed by atoms with Gasteiger partial charge in [-0.05, 0) is 16.7 Å². The van der Waals surface area contributed by atoms with Crippen LogP contribution in [0.25, 0.3) is 0 Å². The molecule has 0 aliphatic carbocycles. The Labute approximate surface area is 187 Å². The third-order valence-electron chi connectivity index (χ3n) is 5.12. The summed E-state index contributed by atoms with van der Waals surface area (Å²) in [6.07, 6.45) is 2.33. The van der Waals surface area contributed by atoms with Crippen molar-refractivity contribution in [3.05, 3.63) is 120 Å². The highest BCUT2D eigenvalue weighted by Gasteiger charge is 2.23. The molecule has 1 aromatic heterocycles. The highest BCUT2D eigenvalue weighted by atomic mass is 16.2. The van der Waals surface area contributed by atoms with Gasteiger partial charge in [0, 0.05) is 13.1 Å². The third kappa shape index (κ3) is 5.10. The predicted molar refractivity (Wildman–Crippen MR) is 124 cm³/mol. The smallest absolute Gasteiger partial charge is 0.272 e. The van der Waals surface area contributed by atoms with Crippen LogP contribution in [-0.4, -0.2) is 21.9 Å². The molecule has 0 radical (unpaired) electrons. The first-order valence-electron chi connectivity index (χ1n) is 10.4. The van der Waals surface area contributed by atoms with E-state index in [2.05, 4.69) is 10.3 Å². The molecule has 0 fully saturated rings. The summed E-state index contributed by atoms with van der Waals surface area (Å²) in [5.74, 6) is 0.0579. The van der Waals surface area contributed by atoms with E-state index in [9.17, 15) is 9.59 Å². The van der Waals surface area contributed by atoms with Crippen LogP contribution in [0.3, 0.4) is 0 Å². The highest BCUT2D eigenvalue weighted by Crippen LogP contribution is 2.21. The Morgan fingerprint density at radius 3 is 2.00 bits per heavy atom. The Hall–Kier alpha value is -4.19. The van der Waals surface area contributed by atoms with Crippen molar-refractivity contribution in [3.63, 3.8) is 0 Å². The van der Waals surface area contributed by atoms with E-state index < -0.39 is 0 Å². The summed E-state index contributed by atoms with van der Waals surface area (Å²) in [5.41, 5.74) is 3.34. The van der Waals surface area contributed by atoms with Gasteiger partial charge in [-0.25, -0.2) is 4.98 Å². The Morgan fingerprint density at radius 2 is 1.41 bits per heavy atom. The standard InChI is InChI=1S/C26H24N4O2/c31-20-30(18-23-14-8-3-9-15-23)25-24(26(32)27-16-21-10-4-1-5-11-21)29(19-28-25)17-22-12-6-2-7-13-22/h1-15,19-20H,16-18H2,(H,27,32). The molecular weight excluding hydrogens is 400 g/mol. The molecule has 0 aliphatic rings. The van der Waals surface area contributed by atoms with Crippen molar-refractivity contribution in [2.24, 2.45) is 0 Å². The minimum Gasteiger partial charge on any atom is -0.347 e. The maximum atomic E-state index is 13.3. The molecule has 3 aromatic carbocycles. The summed E-state index contributed by atoms with van der Waals surface area (Å²) < 4.78 is 1.78. The van der Waals surface area contributed by atoms with Crippen molar-refractivity contribution in [3.8, 4) is 0 Å². The molecule has 1 N–H and O–H groups in total. The zero-order chi connectivity index (χ0) is 22.2. The molecule has 6 nitrogen and oxygen atoms in total. The number of anilines is 1. The average Bonchev–Trinajstić information content (AvgIpc) is 3.26. The fourth-order valence-corrected chi connectivity index (χ4v) is 3.52. The third-order valence-corrected chi connectivity index (χ3v) is 5.12. The van der Waals surface area contributed by atoms with Crippen LogP contribution < -0.4 is 10.2 Å². The highest BCUT2D eigenvalue weighted by molar-refractivity contribution is 5.99. The first-order valence-corrected chi connectivity index (χ1v) is 10.4. The van der Waals surface area contributed by atoms with Crippen LogP contribution >= 0.6 is 0 Å². The van der Waals surface area contributed by atoms with E-state index in [-0.39, 0.29) is 5.91 Å². The second-order valence-corrected chi connectivity index (χ2v) is 7.42. The Balaban J connectivity index is 1.64. The van der Waals surface area contributed by atoms with Gasteiger partial charge in [-0.1, -0.05) is 91.0 Å². The van der Waals surface area contributed by atoms with Gasteiger partial charge in [-0.2, -0.15) is 0 Å². The normalized spacial score (nSPS) is 10.5. The molecule has 4 rings (SSSR count). The molecule has 6 heteroatoms. The largest absolute Gasteiger partial charge is 0.347 e. The number of imidazole rings is 1. The minimum absolute atomic E-state index is 0.280. The number of carbonyl (C=O) groups excluding carboxylic acids is 2. The number of benzene rings is 3. The number of amides is 2. The lowest BCUT2D eigenvalue weighted by atomic mass is 10.2. The molecule has 0 bridgehead atoms. The second-order valence-electron chi connectivity index (χ2n) is 7.42. The Bertz CT molecular complexity index is 1160. The van der Waals surface area contributed by atoms with Crippen molar-refractivity contribution < 1.29 is 9.59 Å². The number of nitrogens with one attached hydrogen (secondary N) is 1. The molecule has 0 aliphatic heterocycles. The average molecular weight is 425 g/mol. The van der Waals surface area contributed by atoms with Crippen LogP contribution in [0.15, 0.2) is 97.3 Å². The van der Waals surface area contributed by atoms with Crippen molar-refractivity contribution in [1.29, 1.82) is 0 Å². The van der Waals surface area contributed by atoms with E-state index in [1.807, 2.05) is 91.0 Å². The number of rotatable bonds is 9. The number of hydrogen-bond donors (Lipinski definition) is 1. The van der Waals surface area contributed by atoms with Crippen LogP contribution in [0.4, 0.5) is 5.82 Å². The van der Waals surface area contributed by atoms with E-state index in [0.29, 0.717) is 31.1 Å². The van der Waals surface area contributed by atoms with Crippen molar-refractivity contribution in [2.75, 3.05) is 4.90 Å². The van der Waals surface area contributed by atoms with Gasteiger partial charge in [-0.3, -0.25) is 14.5 Å². The maximum Gasteiger partial charge on any atom is 0.272 e. The lowest BCUT2D eigenvalue weighted by Gasteiger charge is -2.18. The molecule has 1 heterocycles. The molecule has 0 spiro atoms. The quantitative estimate of drug-likeness (QED) is 0.413. The molecule has 0 saturated carbocycles. The summed E-state index contributed by atoms with van der Waals surface area (Å²) in [7, 11) is 0. The number of nitrogens with zero attached hydrogens (tertiary/aromatic N) is 3. The van der Waals surface area contributed by atoms with Crippen LogP contribution in [0.1, 0.15) is 27.2 Å². The number of hydrogen-bond acceptors (Lipinski definition) is 3. The van der Waals surface area contributed by atoms with Crippen LogP contribution in [0, 0.1) is 0 Å². The Kier molecular flexibility index (Phi) is 6.72. The molecule has 32 heavy (non-hydrogen) atoms. The molecule has 0 atom stereocenters. The van der Waals surface area contributed by atoms with Crippen molar-refractivity contribution in [1.82, 2.24) is 14.9 Å². The zero-order valence-electron chi connectivity index (χ0n) is 17.6. The van der Waals surface area contributed by atoms with Gasteiger partial charge >= 0.3 is 0 Å². The fraction of sp³-hybridized carbons (Fsp3) is 0.115. The summed E-state index contributed by atoms with van der Waals surface area (Å²) in [5, 5.41) is 2.97. The first-order chi connectivity index (χ1) is 15.7. The monoisotopic (exact) mass is 424 g/mol. The second kappa shape index (κ2) is 10.2. The van der Waals surface area contributed by atoms with E-state index in [0.717, 1.165) is 23.1 Å². The predicted octanol–water partition coefficient (Wildman–Crippen LogP) is 4.02. The van der Waals surface area contributed by atoms with Crippen LogP contribution in [0.2, 0.25) is 0 Å². The van der Waals surface area contributed by atoms with Gasteiger partial charge in [0.25, 0.3) is 5.91 Å². The van der Waals surface area contributed by atoms with Gasteiger partial charge in [0.1, 0.15) is 0 Å². The lowest BCUT2D eigenvalue weighted by molar-refractivity contribution is -0.107. The topological polar surface area (TPSA) is 67.2 Å². The molecule has 0 saturated heterocycles. The molecular formula is C26H24N4O2. The van der Waals surface area contributed by atoms with E-state index >= 15 is 0 Å². The number of carbonyl (C=O) groups is 2. The minimum atomic E-state index is -0.280. The first kappa shape index (κ1) is 21.1. The van der Waals surface area contributed by atoms with Gasteiger partial charge in [-0.15, -0.1) is 0 Å². The summed E-state index contributed by atoms with van der Waals surface area (Å²) >= 11 is 0. The molecule has 0 unspecified atom stereocenters. The van der Waals surface area contributed by atoms with Crippen molar-refractivity contribution in [2.45, 2.75) is 19.6 Å². The molecule has 4 aromatic rings. The molecule has 2 amide bonds. The van der Waals surface area contributed by atoms with E-state index in [1.54, 1.807) is 10.9 Å². The summed E-state index contributed by atoms with van der Waals surface area (Å²) in [4.78, 5) is 31.2. The van der Waals surface area contributed by atoms with E-state index in [1.165, 1.54) is 4.90 Å². The zero-order valence-corrected chi connectivity index (χ0v) is 17.6. The molecule has 160 valence electrons. The SMILES string of the molecule is O=CN(Cc1ccccc1)c1ncn(Cc2ccccc2)c1C(=O)NCc1ccccc1. The van der Waals surface area contributed by atoms with Crippen molar-refractivity contribution >= 4 is 18.1 Å². The lowest BCUT2D eigenvalue weighted by Crippen LogP contribution is -2.29. The fourth-order valence-electron chi connectivity index (χ4n) is 3.52. The summed E-state index contributed by atoms with van der Waals surface area (Å²) in [6.45, 7) is 1.18. The van der Waals surface area contributed by atoms with Gasteiger partial charge in [0.05, 0.1) is 12.9 Å². The van der Waals surface area contributed by atoms with Crippen LogP contribution in [-0.2, 0) is 24.4 Å². The van der Waals surface area contributed by atoms with Crippen LogP contribution in [0.5, 0.6) is 0 Å². The summed E-state index contributed by atoms with van der Waals surface area (Å²) in [6, 6.07) is 29.2.